The predicted octanol–water partition coefficient (Wildman–Crippen LogP) is 4.28. The summed E-state index contributed by atoms with van der Waals surface area (Å²) in [5.41, 5.74) is 0. The van der Waals surface area contributed by atoms with Crippen molar-refractivity contribution in [2.45, 2.75) is 44.4 Å². The standard InChI is InChI=1S/C10H16F2S2/c1-14-9(13)3-2-8-4-6-10(11,12)7-5-8/h8H,2-7H2,1H3. The Bertz CT molecular complexity index is 194. The van der Waals surface area contributed by atoms with E-state index in [1.165, 1.54) is 0 Å². The average molecular weight is 238 g/mol. The van der Waals surface area contributed by atoms with Gasteiger partial charge < -0.3 is 0 Å². The van der Waals surface area contributed by atoms with Gasteiger partial charge in [0.15, 0.2) is 0 Å². The zero-order valence-electron chi connectivity index (χ0n) is 8.39. The second kappa shape index (κ2) is 5.40. The second-order valence-corrected chi connectivity index (χ2v) is 5.57. The van der Waals surface area contributed by atoms with Gasteiger partial charge in [-0.25, -0.2) is 8.78 Å². The number of thioether (sulfide) groups is 1. The Morgan fingerprint density at radius 3 is 2.50 bits per heavy atom. The number of hydrogen-bond acceptors (Lipinski definition) is 2. The Kier molecular flexibility index (Phi) is 4.77. The van der Waals surface area contributed by atoms with Gasteiger partial charge in [0.05, 0.1) is 0 Å². The van der Waals surface area contributed by atoms with Crippen molar-refractivity contribution >= 4 is 28.2 Å². The number of thiocarbonyl (C=S) groups is 1. The molecule has 0 N–H and O–H groups in total. The summed E-state index contributed by atoms with van der Waals surface area (Å²) < 4.78 is 26.6. The molecule has 1 saturated carbocycles. The molecule has 1 rings (SSSR count). The van der Waals surface area contributed by atoms with Gasteiger partial charge in [0.1, 0.15) is 0 Å². The fraction of sp³-hybridized carbons (Fsp3) is 0.900. The molecule has 0 amide bonds. The third-order valence-corrected chi connectivity index (χ3v) is 4.18. The number of alkyl halides is 2. The van der Waals surface area contributed by atoms with Gasteiger partial charge in [-0.2, -0.15) is 0 Å². The van der Waals surface area contributed by atoms with Crippen LogP contribution in [0.1, 0.15) is 38.5 Å². The maximum absolute atomic E-state index is 12.8. The average Bonchev–Trinajstić information content (AvgIpc) is 2.16. The molecule has 0 aromatic carbocycles. The van der Waals surface area contributed by atoms with E-state index in [4.69, 9.17) is 12.2 Å². The molecule has 0 aliphatic heterocycles. The maximum atomic E-state index is 12.8. The van der Waals surface area contributed by atoms with Crippen molar-refractivity contribution in [2.75, 3.05) is 6.26 Å². The van der Waals surface area contributed by atoms with Gasteiger partial charge in [0.2, 0.25) is 5.92 Å². The van der Waals surface area contributed by atoms with Gasteiger partial charge in [-0.3, -0.25) is 0 Å². The molecular formula is C10H16F2S2. The zero-order valence-corrected chi connectivity index (χ0v) is 10.0. The molecule has 0 bridgehead atoms. The van der Waals surface area contributed by atoms with Gasteiger partial charge >= 0.3 is 0 Å². The number of hydrogen-bond donors (Lipinski definition) is 0. The summed E-state index contributed by atoms with van der Waals surface area (Å²) in [6, 6.07) is 0. The maximum Gasteiger partial charge on any atom is 0.248 e. The molecule has 4 heteroatoms. The third kappa shape index (κ3) is 4.22. The molecular weight excluding hydrogens is 222 g/mol. The zero-order chi connectivity index (χ0) is 10.6. The molecule has 1 aliphatic carbocycles. The SMILES string of the molecule is CSC(=S)CCC1CCC(F)(F)CC1. The molecule has 0 saturated heterocycles. The van der Waals surface area contributed by atoms with Gasteiger partial charge in [-0.15, -0.1) is 11.8 Å². The first-order chi connectivity index (χ1) is 6.53. The quantitative estimate of drug-likeness (QED) is 0.673. The van der Waals surface area contributed by atoms with Crippen LogP contribution in [0.5, 0.6) is 0 Å². The predicted molar refractivity (Wildman–Crippen MR) is 62.3 cm³/mol. The Balaban J connectivity index is 2.19. The lowest BCUT2D eigenvalue weighted by Gasteiger charge is -2.28. The molecule has 1 aliphatic rings. The molecule has 0 spiro atoms. The van der Waals surface area contributed by atoms with Crippen LogP contribution in [-0.2, 0) is 0 Å². The minimum Gasteiger partial charge on any atom is -0.207 e. The minimum absolute atomic E-state index is 0.0731. The van der Waals surface area contributed by atoms with Gasteiger partial charge in [0, 0.05) is 17.0 Å². The first-order valence-electron chi connectivity index (χ1n) is 4.98. The Hall–Kier alpha value is 0.300. The van der Waals surface area contributed by atoms with Crippen molar-refractivity contribution in [1.82, 2.24) is 0 Å². The van der Waals surface area contributed by atoms with Crippen LogP contribution in [0.2, 0.25) is 0 Å². The third-order valence-electron chi connectivity index (χ3n) is 2.82. The molecule has 0 aromatic rings. The van der Waals surface area contributed by atoms with Crippen LogP contribution in [0.15, 0.2) is 0 Å². The molecule has 14 heavy (non-hydrogen) atoms. The van der Waals surface area contributed by atoms with Gasteiger partial charge in [-0.1, -0.05) is 12.2 Å². The summed E-state index contributed by atoms with van der Waals surface area (Å²) in [4.78, 5) is 0. The summed E-state index contributed by atoms with van der Waals surface area (Å²) in [7, 11) is 0. The van der Waals surface area contributed by atoms with Crippen molar-refractivity contribution < 1.29 is 8.78 Å². The summed E-state index contributed by atoms with van der Waals surface area (Å²) in [5.74, 6) is -1.92. The van der Waals surface area contributed by atoms with Gasteiger partial charge in [-0.05, 0) is 37.9 Å². The summed E-state index contributed by atoms with van der Waals surface area (Å²) in [6.45, 7) is 0. The van der Waals surface area contributed by atoms with Crippen LogP contribution in [0.4, 0.5) is 8.78 Å². The lowest BCUT2D eigenvalue weighted by molar-refractivity contribution is -0.0462. The van der Waals surface area contributed by atoms with E-state index in [1.54, 1.807) is 11.8 Å². The fourth-order valence-electron chi connectivity index (χ4n) is 1.81. The molecule has 0 aromatic heterocycles. The van der Waals surface area contributed by atoms with E-state index < -0.39 is 5.92 Å². The van der Waals surface area contributed by atoms with Crippen LogP contribution in [-0.4, -0.2) is 16.4 Å². The lowest BCUT2D eigenvalue weighted by atomic mass is 9.84. The Morgan fingerprint density at radius 1 is 1.43 bits per heavy atom. The molecule has 0 heterocycles. The van der Waals surface area contributed by atoms with Crippen LogP contribution >= 0.6 is 24.0 Å². The highest BCUT2D eigenvalue weighted by atomic mass is 32.2. The van der Waals surface area contributed by atoms with E-state index in [0.717, 1.165) is 17.0 Å². The highest BCUT2D eigenvalue weighted by molar-refractivity contribution is 8.22. The van der Waals surface area contributed by atoms with E-state index in [2.05, 4.69) is 0 Å². The van der Waals surface area contributed by atoms with E-state index in [0.29, 0.717) is 18.8 Å². The first-order valence-corrected chi connectivity index (χ1v) is 6.61. The van der Waals surface area contributed by atoms with Crippen LogP contribution < -0.4 is 0 Å². The smallest absolute Gasteiger partial charge is 0.207 e. The van der Waals surface area contributed by atoms with Crippen molar-refractivity contribution in [1.29, 1.82) is 0 Å². The lowest BCUT2D eigenvalue weighted by Crippen LogP contribution is -2.24. The van der Waals surface area contributed by atoms with Crippen molar-refractivity contribution in [3.05, 3.63) is 0 Å². The van der Waals surface area contributed by atoms with E-state index in [9.17, 15) is 8.78 Å². The second-order valence-electron chi connectivity index (χ2n) is 3.91. The summed E-state index contributed by atoms with van der Waals surface area (Å²) in [5, 5.41) is 0. The molecule has 0 atom stereocenters. The van der Waals surface area contributed by atoms with Crippen molar-refractivity contribution in [3.8, 4) is 0 Å². The van der Waals surface area contributed by atoms with Crippen LogP contribution in [0.3, 0.4) is 0 Å². The monoisotopic (exact) mass is 238 g/mol. The molecule has 1 fully saturated rings. The highest BCUT2D eigenvalue weighted by Gasteiger charge is 2.34. The molecule has 82 valence electrons. The normalized spacial score (nSPS) is 22.2. The fourth-order valence-corrected chi connectivity index (χ4v) is 2.25. The number of halogens is 2. The first kappa shape index (κ1) is 12.4. The minimum atomic E-state index is -2.39. The highest BCUT2D eigenvalue weighted by Crippen LogP contribution is 2.37. The molecule has 0 nitrogen and oxygen atoms in total. The Labute approximate surface area is 93.8 Å². The molecule has 0 radical (unpaired) electrons. The summed E-state index contributed by atoms with van der Waals surface area (Å²) in [6.07, 6.45) is 5.36. The van der Waals surface area contributed by atoms with Crippen molar-refractivity contribution in [2.24, 2.45) is 5.92 Å². The van der Waals surface area contributed by atoms with Crippen molar-refractivity contribution in [3.63, 3.8) is 0 Å². The topological polar surface area (TPSA) is 0 Å². The Morgan fingerprint density at radius 2 is 2.00 bits per heavy atom. The van der Waals surface area contributed by atoms with E-state index in [1.807, 2.05) is 6.26 Å². The van der Waals surface area contributed by atoms with Crippen LogP contribution in [0, 0.1) is 5.92 Å². The summed E-state index contributed by atoms with van der Waals surface area (Å²) >= 11 is 6.68. The van der Waals surface area contributed by atoms with E-state index in [-0.39, 0.29) is 12.8 Å². The van der Waals surface area contributed by atoms with Crippen LogP contribution in [0.25, 0.3) is 0 Å². The molecule has 0 unspecified atom stereocenters. The van der Waals surface area contributed by atoms with Gasteiger partial charge in [0.25, 0.3) is 0 Å². The number of rotatable bonds is 3. The largest absolute Gasteiger partial charge is 0.248 e. The van der Waals surface area contributed by atoms with E-state index >= 15 is 0 Å².